The fourth-order valence-electron chi connectivity index (χ4n) is 1.94. The minimum atomic E-state index is -0.920. The number of aromatic nitrogens is 1. The molecule has 1 aromatic rings. The van der Waals surface area contributed by atoms with Crippen molar-refractivity contribution in [3.8, 4) is 0 Å². The smallest absolute Gasteiger partial charge is 0.329 e. The Balaban J connectivity index is 2.23. The number of carbonyl (C=O) groups is 3. The van der Waals surface area contributed by atoms with E-state index < -0.39 is 23.2 Å². The van der Waals surface area contributed by atoms with E-state index >= 15 is 0 Å². The first-order valence-corrected chi connectivity index (χ1v) is 7.32. The Morgan fingerprint density at radius 1 is 1.48 bits per heavy atom. The first-order chi connectivity index (χ1) is 9.95. The van der Waals surface area contributed by atoms with Crippen LogP contribution in [0, 0.1) is 0 Å². The van der Waals surface area contributed by atoms with Crippen molar-refractivity contribution in [1.29, 1.82) is 0 Å². The highest BCUT2D eigenvalue weighted by atomic mass is 32.2. The van der Waals surface area contributed by atoms with Crippen molar-refractivity contribution in [3.63, 3.8) is 0 Å². The van der Waals surface area contributed by atoms with E-state index in [-0.39, 0.29) is 6.61 Å². The average molecular weight is 308 g/mol. The van der Waals surface area contributed by atoms with Gasteiger partial charge in [0.1, 0.15) is 6.04 Å². The lowest BCUT2D eigenvalue weighted by atomic mass is 10.2. The van der Waals surface area contributed by atoms with Crippen LogP contribution in [0.2, 0.25) is 0 Å². The SMILES string of the molecule is CCOC(=O)[C@H](C)N1C(=O)S/C(=C/c2cccn2C)C1=O. The summed E-state index contributed by atoms with van der Waals surface area (Å²) in [5.74, 6) is -1.05. The van der Waals surface area contributed by atoms with Crippen LogP contribution in [0.25, 0.3) is 6.08 Å². The lowest BCUT2D eigenvalue weighted by molar-refractivity contribution is -0.150. The quantitative estimate of drug-likeness (QED) is 0.629. The number of thioether (sulfide) groups is 1. The summed E-state index contributed by atoms with van der Waals surface area (Å²) < 4.78 is 6.69. The minimum absolute atomic E-state index is 0.207. The van der Waals surface area contributed by atoms with Crippen LogP contribution in [0.15, 0.2) is 23.2 Å². The summed E-state index contributed by atoms with van der Waals surface area (Å²) in [7, 11) is 1.84. The van der Waals surface area contributed by atoms with E-state index in [1.807, 2.05) is 29.9 Å². The molecule has 0 N–H and O–H groups in total. The van der Waals surface area contributed by atoms with Gasteiger partial charge >= 0.3 is 5.97 Å². The van der Waals surface area contributed by atoms with Crippen LogP contribution in [0.4, 0.5) is 4.79 Å². The molecule has 0 aliphatic carbocycles. The van der Waals surface area contributed by atoms with Crippen molar-refractivity contribution >= 4 is 35.0 Å². The summed E-state index contributed by atoms with van der Waals surface area (Å²) in [5, 5.41) is -0.457. The highest BCUT2D eigenvalue weighted by Crippen LogP contribution is 2.33. The van der Waals surface area contributed by atoms with E-state index in [1.54, 1.807) is 13.0 Å². The average Bonchev–Trinajstić information content (AvgIpc) is 2.95. The molecule has 1 saturated heterocycles. The fourth-order valence-corrected chi connectivity index (χ4v) is 2.83. The summed E-state index contributed by atoms with van der Waals surface area (Å²) in [6.07, 6.45) is 3.49. The number of hydrogen-bond acceptors (Lipinski definition) is 5. The zero-order valence-electron chi connectivity index (χ0n) is 12.0. The van der Waals surface area contributed by atoms with Crippen molar-refractivity contribution in [1.82, 2.24) is 9.47 Å². The molecule has 2 heterocycles. The van der Waals surface area contributed by atoms with Crippen LogP contribution in [-0.2, 0) is 21.4 Å². The second-order valence-corrected chi connectivity index (χ2v) is 5.52. The summed E-state index contributed by atoms with van der Waals surface area (Å²) in [4.78, 5) is 37.2. The number of imide groups is 1. The fraction of sp³-hybridized carbons (Fsp3) is 0.357. The molecule has 1 atom stereocenters. The summed E-state index contributed by atoms with van der Waals surface area (Å²) >= 11 is 0.830. The summed E-state index contributed by atoms with van der Waals surface area (Å²) in [6, 6.07) is 2.76. The van der Waals surface area contributed by atoms with E-state index in [2.05, 4.69) is 0 Å². The van der Waals surface area contributed by atoms with E-state index in [0.717, 1.165) is 22.4 Å². The molecule has 7 heteroatoms. The topological polar surface area (TPSA) is 68.6 Å². The maximum absolute atomic E-state index is 12.3. The van der Waals surface area contributed by atoms with E-state index in [4.69, 9.17) is 4.74 Å². The summed E-state index contributed by atoms with van der Waals surface area (Å²) in [6.45, 7) is 3.37. The third-order valence-corrected chi connectivity index (χ3v) is 3.99. The van der Waals surface area contributed by atoms with Gasteiger partial charge in [0.15, 0.2) is 0 Å². The first kappa shape index (κ1) is 15.4. The van der Waals surface area contributed by atoms with Gasteiger partial charge in [0.05, 0.1) is 11.5 Å². The maximum atomic E-state index is 12.3. The molecule has 0 bridgehead atoms. The van der Waals surface area contributed by atoms with Gasteiger partial charge in [0.2, 0.25) is 0 Å². The molecule has 0 saturated carbocycles. The number of amides is 2. The molecule has 0 unspecified atom stereocenters. The van der Waals surface area contributed by atoms with Crippen molar-refractivity contribution in [2.45, 2.75) is 19.9 Å². The monoisotopic (exact) mass is 308 g/mol. The standard InChI is InChI=1S/C14H16N2O4S/c1-4-20-13(18)9(2)16-12(17)11(21-14(16)19)8-10-6-5-7-15(10)3/h5-9H,4H2,1-3H3/b11-8+/t9-/m0/s1. The number of aryl methyl sites for hydroxylation is 1. The van der Waals surface area contributed by atoms with Crippen molar-refractivity contribution < 1.29 is 19.1 Å². The lowest BCUT2D eigenvalue weighted by Crippen LogP contribution is -2.42. The number of nitrogens with zero attached hydrogens (tertiary/aromatic N) is 2. The molecule has 2 rings (SSSR count). The van der Waals surface area contributed by atoms with Gasteiger partial charge in [-0.2, -0.15) is 0 Å². The van der Waals surface area contributed by atoms with E-state index in [9.17, 15) is 14.4 Å². The molecule has 0 radical (unpaired) electrons. The highest BCUT2D eigenvalue weighted by Gasteiger charge is 2.41. The van der Waals surface area contributed by atoms with Crippen molar-refractivity contribution in [2.24, 2.45) is 7.05 Å². The predicted octanol–water partition coefficient (Wildman–Crippen LogP) is 2.01. The molecule has 1 fully saturated rings. The normalized spacial score (nSPS) is 18.4. The molecule has 6 nitrogen and oxygen atoms in total. The van der Waals surface area contributed by atoms with Gasteiger partial charge in [-0.15, -0.1) is 0 Å². The van der Waals surface area contributed by atoms with Crippen LogP contribution in [0.3, 0.4) is 0 Å². The predicted molar refractivity (Wildman–Crippen MR) is 79.3 cm³/mol. The largest absolute Gasteiger partial charge is 0.464 e. The number of hydrogen-bond donors (Lipinski definition) is 0. The van der Waals surface area contributed by atoms with E-state index in [1.165, 1.54) is 6.92 Å². The van der Waals surface area contributed by atoms with Gasteiger partial charge in [-0.3, -0.25) is 14.5 Å². The molecule has 1 aliphatic heterocycles. The Kier molecular flexibility index (Phi) is 4.52. The van der Waals surface area contributed by atoms with Gasteiger partial charge in [-0.05, 0) is 43.8 Å². The first-order valence-electron chi connectivity index (χ1n) is 6.50. The zero-order chi connectivity index (χ0) is 15.6. The van der Waals surface area contributed by atoms with Crippen LogP contribution in [-0.4, -0.2) is 39.2 Å². The Morgan fingerprint density at radius 3 is 2.76 bits per heavy atom. The number of ether oxygens (including phenoxy) is 1. The van der Waals surface area contributed by atoms with Gasteiger partial charge in [-0.25, -0.2) is 4.79 Å². The molecule has 1 aliphatic rings. The molecule has 21 heavy (non-hydrogen) atoms. The second kappa shape index (κ2) is 6.17. The Morgan fingerprint density at radius 2 is 2.19 bits per heavy atom. The van der Waals surface area contributed by atoms with E-state index in [0.29, 0.717) is 4.91 Å². The highest BCUT2D eigenvalue weighted by molar-refractivity contribution is 8.18. The van der Waals surface area contributed by atoms with Crippen LogP contribution >= 0.6 is 11.8 Å². The Hall–Kier alpha value is -2.02. The minimum Gasteiger partial charge on any atom is -0.464 e. The zero-order valence-corrected chi connectivity index (χ0v) is 12.8. The third kappa shape index (κ3) is 3.02. The number of esters is 1. The molecule has 112 valence electrons. The Labute approximate surface area is 126 Å². The van der Waals surface area contributed by atoms with Crippen molar-refractivity contribution in [3.05, 3.63) is 28.9 Å². The van der Waals surface area contributed by atoms with Crippen LogP contribution in [0.1, 0.15) is 19.5 Å². The second-order valence-electron chi connectivity index (χ2n) is 4.52. The van der Waals surface area contributed by atoms with Crippen molar-refractivity contribution in [2.75, 3.05) is 6.61 Å². The third-order valence-electron chi connectivity index (χ3n) is 3.10. The van der Waals surface area contributed by atoms with Gasteiger partial charge < -0.3 is 9.30 Å². The molecule has 1 aromatic heterocycles. The summed E-state index contributed by atoms with van der Waals surface area (Å²) in [5.41, 5.74) is 0.810. The molecular formula is C14H16N2O4S. The maximum Gasteiger partial charge on any atom is 0.329 e. The van der Waals surface area contributed by atoms with Gasteiger partial charge in [-0.1, -0.05) is 0 Å². The van der Waals surface area contributed by atoms with Gasteiger partial charge in [0, 0.05) is 18.9 Å². The molecular weight excluding hydrogens is 292 g/mol. The van der Waals surface area contributed by atoms with Gasteiger partial charge in [0.25, 0.3) is 11.1 Å². The van der Waals surface area contributed by atoms with Crippen LogP contribution < -0.4 is 0 Å². The molecule has 2 amide bonds. The molecule has 0 spiro atoms. The number of carbonyl (C=O) groups excluding carboxylic acids is 3. The van der Waals surface area contributed by atoms with Crippen LogP contribution in [0.5, 0.6) is 0 Å². The Bertz CT molecular complexity index is 620. The molecule has 0 aromatic carbocycles. The lowest BCUT2D eigenvalue weighted by Gasteiger charge is -2.19. The number of rotatable bonds is 4.